The summed E-state index contributed by atoms with van der Waals surface area (Å²) in [5, 5.41) is 0.331. The number of hydrogen-bond acceptors (Lipinski definition) is 1. The van der Waals surface area contributed by atoms with Crippen molar-refractivity contribution in [1.29, 1.82) is 0 Å². The first-order valence-corrected chi connectivity index (χ1v) is 10.6. The molecule has 0 aromatic heterocycles. The Labute approximate surface area is 122 Å². The molecule has 0 saturated heterocycles. The Kier molecular flexibility index (Phi) is 8.60. The number of hydrogen-bond donors (Lipinski definition) is 0. The summed E-state index contributed by atoms with van der Waals surface area (Å²) in [5.74, 6) is 0. The smallest absolute Gasteiger partial charge is 0.191 e. The SMILES string of the molecule is C=CC(=C)CCCCCCCO[Si](C)(C)C(C)(C)C. The Balaban J connectivity index is 3.51. The van der Waals surface area contributed by atoms with Gasteiger partial charge in [0.2, 0.25) is 0 Å². The van der Waals surface area contributed by atoms with Crippen LogP contribution in [0.2, 0.25) is 18.1 Å². The van der Waals surface area contributed by atoms with Crippen molar-refractivity contribution in [2.45, 2.75) is 77.4 Å². The number of unbranched alkanes of at least 4 members (excludes halogenated alkanes) is 4. The maximum absolute atomic E-state index is 6.17. The molecular weight excluding hydrogens is 248 g/mol. The molecule has 0 aliphatic rings. The summed E-state index contributed by atoms with van der Waals surface area (Å²) >= 11 is 0. The third kappa shape index (κ3) is 8.43. The largest absolute Gasteiger partial charge is 0.417 e. The van der Waals surface area contributed by atoms with E-state index in [0.717, 1.165) is 13.0 Å². The topological polar surface area (TPSA) is 9.23 Å². The Hall–Kier alpha value is -0.343. The molecule has 19 heavy (non-hydrogen) atoms. The maximum atomic E-state index is 6.17. The van der Waals surface area contributed by atoms with Crippen molar-refractivity contribution in [3.8, 4) is 0 Å². The lowest BCUT2D eigenvalue weighted by Crippen LogP contribution is -2.40. The predicted octanol–water partition coefficient (Wildman–Crippen LogP) is 6.09. The van der Waals surface area contributed by atoms with Gasteiger partial charge in [-0.2, -0.15) is 0 Å². The van der Waals surface area contributed by atoms with E-state index in [4.69, 9.17) is 4.43 Å². The first kappa shape index (κ1) is 18.7. The standard InChI is InChI=1S/C17H34OSi/c1-8-16(2)14-12-10-9-11-13-15-18-19(6,7)17(3,4)5/h8H,1-2,9-15H2,3-7H3. The minimum atomic E-state index is -1.52. The van der Waals surface area contributed by atoms with E-state index in [1.54, 1.807) is 0 Å². The monoisotopic (exact) mass is 282 g/mol. The first-order valence-electron chi connectivity index (χ1n) is 7.65. The summed E-state index contributed by atoms with van der Waals surface area (Å²) in [7, 11) is -1.52. The lowest BCUT2D eigenvalue weighted by atomic mass is 10.1. The predicted molar refractivity (Wildman–Crippen MR) is 90.2 cm³/mol. The maximum Gasteiger partial charge on any atom is 0.191 e. The molecule has 0 saturated carbocycles. The molecule has 0 aromatic carbocycles. The summed E-state index contributed by atoms with van der Waals surface area (Å²) in [4.78, 5) is 0. The lowest BCUT2D eigenvalue weighted by molar-refractivity contribution is 0.277. The second kappa shape index (κ2) is 8.75. The highest BCUT2D eigenvalue weighted by Gasteiger charge is 2.36. The van der Waals surface area contributed by atoms with Crippen LogP contribution in [0.15, 0.2) is 24.8 Å². The molecule has 0 rings (SSSR count). The molecule has 0 radical (unpaired) electrons. The molecule has 0 aliphatic carbocycles. The number of rotatable bonds is 10. The van der Waals surface area contributed by atoms with Gasteiger partial charge in [-0.3, -0.25) is 0 Å². The van der Waals surface area contributed by atoms with Crippen LogP contribution in [-0.2, 0) is 4.43 Å². The van der Waals surface area contributed by atoms with E-state index in [0.29, 0.717) is 5.04 Å². The van der Waals surface area contributed by atoms with Gasteiger partial charge in [0.1, 0.15) is 0 Å². The van der Waals surface area contributed by atoms with Crippen molar-refractivity contribution in [2.24, 2.45) is 0 Å². The second-order valence-electron chi connectivity index (χ2n) is 6.99. The summed E-state index contributed by atoms with van der Waals surface area (Å²) in [6, 6.07) is 0. The van der Waals surface area contributed by atoms with E-state index in [1.807, 2.05) is 6.08 Å². The highest BCUT2D eigenvalue weighted by molar-refractivity contribution is 6.74. The number of allylic oxidation sites excluding steroid dienone is 2. The van der Waals surface area contributed by atoms with Gasteiger partial charge in [0.05, 0.1) is 0 Å². The Morgan fingerprint density at radius 1 is 1.05 bits per heavy atom. The fourth-order valence-electron chi connectivity index (χ4n) is 1.63. The van der Waals surface area contributed by atoms with E-state index in [1.165, 1.54) is 37.7 Å². The second-order valence-corrected chi connectivity index (χ2v) is 11.8. The molecule has 0 fully saturated rings. The van der Waals surface area contributed by atoms with Crippen LogP contribution in [0.5, 0.6) is 0 Å². The highest BCUT2D eigenvalue weighted by Crippen LogP contribution is 2.36. The summed E-state index contributed by atoms with van der Waals surface area (Å²) < 4.78 is 6.17. The van der Waals surface area contributed by atoms with E-state index < -0.39 is 8.32 Å². The summed E-state index contributed by atoms with van der Waals surface area (Å²) in [6.45, 7) is 20.2. The highest BCUT2D eigenvalue weighted by atomic mass is 28.4. The quantitative estimate of drug-likeness (QED) is 0.267. The normalized spacial score (nSPS) is 12.5. The van der Waals surface area contributed by atoms with Gasteiger partial charge in [-0.15, -0.1) is 0 Å². The molecule has 0 N–H and O–H groups in total. The zero-order valence-electron chi connectivity index (χ0n) is 13.8. The van der Waals surface area contributed by atoms with Crippen LogP contribution in [0.4, 0.5) is 0 Å². The molecule has 0 spiro atoms. The van der Waals surface area contributed by atoms with Crippen LogP contribution in [0, 0.1) is 0 Å². The Morgan fingerprint density at radius 2 is 1.58 bits per heavy atom. The summed E-state index contributed by atoms with van der Waals surface area (Å²) in [6.07, 6.45) is 9.31. The molecular formula is C17H34OSi. The average molecular weight is 283 g/mol. The van der Waals surface area contributed by atoms with Gasteiger partial charge >= 0.3 is 0 Å². The van der Waals surface area contributed by atoms with Crippen LogP contribution in [-0.4, -0.2) is 14.9 Å². The third-order valence-corrected chi connectivity index (χ3v) is 8.74. The molecule has 2 heteroatoms. The van der Waals surface area contributed by atoms with Gasteiger partial charge in [0.15, 0.2) is 8.32 Å². The van der Waals surface area contributed by atoms with Crippen molar-refractivity contribution < 1.29 is 4.43 Å². The fraction of sp³-hybridized carbons (Fsp3) is 0.765. The molecule has 0 aliphatic heterocycles. The molecule has 0 bridgehead atoms. The van der Waals surface area contributed by atoms with Gasteiger partial charge < -0.3 is 4.43 Å². The van der Waals surface area contributed by atoms with Crippen LogP contribution < -0.4 is 0 Å². The molecule has 0 atom stereocenters. The van der Waals surface area contributed by atoms with Crippen LogP contribution in [0.25, 0.3) is 0 Å². The molecule has 0 aromatic rings. The Morgan fingerprint density at radius 3 is 2.11 bits per heavy atom. The fourth-order valence-corrected chi connectivity index (χ4v) is 2.72. The Bertz CT molecular complexity index is 273. The summed E-state index contributed by atoms with van der Waals surface area (Å²) in [5.41, 5.74) is 1.17. The molecule has 0 amide bonds. The zero-order chi connectivity index (χ0) is 14.9. The molecule has 1 nitrogen and oxygen atoms in total. The van der Waals surface area contributed by atoms with Crippen LogP contribution in [0.3, 0.4) is 0 Å². The molecule has 112 valence electrons. The van der Waals surface area contributed by atoms with Crippen LogP contribution >= 0.6 is 0 Å². The molecule has 0 unspecified atom stereocenters. The van der Waals surface area contributed by atoms with Gasteiger partial charge in [0.25, 0.3) is 0 Å². The third-order valence-electron chi connectivity index (χ3n) is 4.20. The van der Waals surface area contributed by atoms with Gasteiger partial charge in [-0.1, -0.05) is 64.8 Å². The van der Waals surface area contributed by atoms with Crippen molar-refractivity contribution >= 4 is 8.32 Å². The van der Waals surface area contributed by atoms with Gasteiger partial charge in [-0.25, -0.2) is 0 Å². The minimum Gasteiger partial charge on any atom is -0.417 e. The van der Waals surface area contributed by atoms with Gasteiger partial charge in [-0.05, 0) is 37.4 Å². The van der Waals surface area contributed by atoms with Crippen molar-refractivity contribution in [2.75, 3.05) is 6.61 Å². The van der Waals surface area contributed by atoms with Crippen LogP contribution in [0.1, 0.15) is 59.3 Å². The van der Waals surface area contributed by atoms with E-state index in [-0.39, 0.29) is 0 Å². The lowest BCUT2D eigenvalue weighted by Gasteiger charge is -2.36. The zero-order valence-corrected chi connectivity index (χ0v) is 14.8. The van der Waals surface area contributed by atoms with Crippen molar-refractivity contribution in [3.63, 3.8) is 0 Å². The van der Waals surface area contributed by atoms with E-state index in [9.17, 15) is 0 Å². The minimum absolute atomic E-state index is 0.331. The van der Waals surface area contributed by atoms with Crippen molar-refractivity contribution in [3.05, 3.63) is 24.8 Å². The van der Waals surface area contributed by atoms with Gasteiger partial charge in [0, 0.05) is 6.61 Å². The average Bonchev–Trinajstić information content (AvgIpc) is 2.30. The van der Waals surface area contributed by atoms with Crippen molar-refractivity contribution in [1.82, 2.24) is 0 Å². The first-order chi connectivity index (χ1) is 8.70. The van der Waals surface area contributed by atoms with E-state index >= 15 is 0 Å². The molecule has 0 heterocycles. The van der Waals surface area contributed by atoms with E-state index in [2.05, 4.69) is 47.0 Å².